The molecule has 0 heterocycles. The van der Waals surface area contributed by atoms with E-state index in [1.165, 1.54) is 18.2 Å². The SMILES string of the molecule is CC(C)C(Oc1ccccc1C#N)C(=O)Nc1ccc(F)c(NC(=O)C2CCCCC2)c1. The van der Waals surface area contributed by atoms with Gasteiger partial charge in [-0.2, -0.15) is 5.26 Å². The molecule has 1 aliphatic rings. The Kier molecular flexibility index (Phi) is 7.82. The first-order valence-corrected chi connectivity index (χ1v) is 11.0. The minimum Gasteiger partial charge on any atom is -0.479 e. The van der Waals surface area contributed by atoms with Gasteiger partial charge in [0.05, 0.1) is 11.3 Å². The molecule has 1 saturated carbocycles. The highest BCUT2D eigenvalue weighted by Crippen LogP contribution is 2.27. The lowest BCUT2D eigenvalue weighted by atomic mass is 9.88. The van der Waals surface area contributed by atoms with Crippen LogP contribution in [0.4, 0.5) is 15.8 Å². The number of carbonyl (C=O) groups excluding carboxylic acids is 2. The normalized spacial score (nSPS) is 15.0. The summed E-state index contributed by atoms with van der Waals surface area (Å²) in [6, 6.07) is 12.8. The highest BCUT2D eigenvalue weighted by molar-refractivity contribution is 5.97. The number of hydrogen-bond donors (Lipinski definition) is 2. The average molecular weight is 438 g/mol. The summed E-state index contributed by atoms with van der Waals surface area (Å²) in [6.45, 7) is 3.67. The van der Waals surface area contributed by atoms with Gasteiger partial charge in [0, 0.05) is 11.6 Å². The van der Waals surface area contributed by atoms with Gasteiger partial charge in [-0.25, -0.2) is 4.39 Å². The molecule has 168 valence electrons. The van der Waals surface area contributed by atoms with Gasteiger partial charge in [0.15, 0.2) is 6.10 Å². The summed E-state index contributed by atoms with van der Waals surface area (Å²) in [7, 11) is 0. The van der Waals surface area contributed by atoms with E-state index in [4.69, 9.17) is 4.74 Å². The monoisotopic (exact) mass is 437 g/mol. The highest BCUT2D eigenvalue weighted by atomic mass is 19.1. The van der Waals surface area contributed by atoms with Crippen LogP contribution in [0, 0.1) is 29.0 Å². The lowest BCUT2D eigenvalue weighted by Crippen LogP contribution is -2.37. The smallest absolute Gasteiger partial charge is 0.265 e. The molecule has 6 nitrogen and oxygen atoms in total. The van der Waals surface area contributed by atoms with E-state index in [1.807, 2.05) is 19.9 Å². The number of benzene rings is 2. The van der Waals surface area contributed by atoms with Gasteiger partial charge in [0.25, 0.3) is 5.91 Å². The van der Waals surface area contributed by atoms with Crippen molar-refractivity contribution in [3.8, 4) is 11.8 Å². The number of amides is 2. The molecule has 0 aromatic heterocycles. The van der Waals surface area contributed by atoms with Gasteiger partial charge >= 0.3 is 0 Å². The predicted molar refractivity (Wildman–Crippen MR) is 121 cm³/mol. The Morgan fingerprint density at radius 3 is 2.50 bits per heavy atom. The summed E-state index contributed by atoms with van der Waals surface area (Å²) in [5.74, 6) is -1.16. The number of nitrogens with one attached hydrogen (secondary N) is 2. The second kappa shape index (κ2) is 10.8. The molecular weight excluding hydrogens is 409 g/mol. The lowest BCUT2D eigenvalue weighted by Gasteiger charge is -2.23. The minimum absolute atomic E-state index is 0.0372. The molecule has 0 radical (unpaired) electrons. The van der Waals surface area contributed by atoms with Crippen molar-refractivity contribution >= 4 is 23.2 Å². The summed E-state index contributed by atoms with van der Waals surface area (Å²) in [6.07, 6.45) is 3.88. The second-order valence-corrected chi connectivity index (χ2v) is 8.40. The maximum atomic E-state index is 14.3. The van der Waals surface area contributed by atoms with Crippen LogP contribution >= 0.6 is 0 Å². The maximum Gasteiger partial charge on any atom is 0.265 e. The Morgan fingerprint density at radius 1 is 1.09 bits per heavy atom. The van der Waals surface area contributed by atoms with E-state index in [0.717, 1.165) is 32.1 Å². The predicted octanol–water partition coefficient (Wildman–Crippen LogP) is 5.26. The van der Waals surface area contributed by atoms with Crippen LogP contribution in [0.2, 0.25) is 0 Å². The van der Waals surface area contributed by atoms with Crippen LogP contribution < -0.4 is 15.4 Å². The number of ether oxygens (including phenoxy) is 1. The van der Waals surface area contributed by atoms with Gasteiger partial charge in [-0.15, -0.1) is 0 Å². The summed E-state index contributed by atoms with van der Waals surface area (Å²) in [4.78, 5) is 25.4. The third-order valence-electron chi connectivity index (χ3n) is 5.59. The third-order valence-corrected chi connectivity index (χ3v) is 5.59. The maximum absolute atomic E-state index is 14.3. The first kappa shape index (κ1) is 23.3. The number of nitrogens with zero attached hydrogens (tertiary/aromatic N) is 1. The molecule has 1 atom stereocenters. The zero-order chi connectivity index (χ0) is 23.1. The van der Waals surface area contributed by atoms with E-state index in [-0.39, 0.29) is 23.4 Å². The first-order chi connectivity index (χ1) is 15.4. The molecule has 7 heteroatoms. The largest absolute Gasteiger partial charge is 0.479 e. The minimum atomic E-state index is -0.866. The number of anilines is 2. The van der Waals surface area contributed by atoms with Crippen LogP contribution in [0.5, 0.6) is 5.75 Å². The Balaban J connectivity index is 1.72. The van der Waals surface area contributed by atoms with Gasteiger partial charge in [-0.3, -0.25) is 9.59 Å². The van der Waals surface area contributed by atoms with E-state index in [2.05, 4.69) is 10.6 Å². The number of rotatable bonds is 7. The van der Waals surface area contributed by atoms with Crippen molar-refractivity contribution in [2.45, 2.75) is 52.1 Å². The molecule has 1 fully saturated rings. The molecule has 0 spiro atoms. The van der Waals surface area contributed by atoms with Crippen LogP contribution in [0.25, 0.3) is 0 Å². The third kappa shape index (κ3) is 5.85. The quantitative estimate of drug-likeness (QED) is 0.618. The van der Waals surface area contributed by atoms with E-state index < -0.39 is 17.8 Å². The number of hydrogen-bond acceptors (Lipinski definition) is 4. The van der Waals surface area contributed by atoms with E-state index in [1.54, 1.807) is 24.3 Å². The van der Waals surface area contributed by atoms with Gasteiger partial charge in [0.2, 0.25) is 5.91 Å². The fourth-order valence-corrected chi connectivity index (χ4v) is 3.80. The van der Waals surface area contributed by atoms with Gasteiger partial charge in [-0.1, -0.05) is 45.2 Å². The molecule has 2 aromatic carbocycles. The number of para-hydroxylation sites is 1. The molecular formula is C25H28FN3O3. The van der Waals surface area contributed by atoms with Crippen LogP contribution in [0.3, 0.4) is 0 Å². The van der Waals surface area contributed by atoms with Crippen LogP contribution in [-0.4, -0.2) is 17.9 Å². The Morgan fingerprint density at radius 2 is 1.81 bits per heavy atom. The van der Waals surface area contributed by atoms with Gasteiger partial charge in [-0.05, 0) is 49.1 Å². The molecule has 1 aliphatic carbocycles. The molecule has 3 rings (SSSR count). The summed E-state index contributed by atoms with van der Waals surface area (Å²) in [5.41, 5.74) is 0.717. The second-order valence-electron chi connectivity index (χ2n) is 8.40. The van der Waals surface area contributed by atoms with Crippen molar-refractivity contribution in [1.82, 2.24) is 0 Å². The number of carbonyl (C=O) groups is 2. The van der Waals surface area contributed by atoms with Crippen molar-refractivity contribution in [1.29, 1.82) is 5.26 Å². The summed E-state index contributed by atoms with van der Waals surface area (Å²) < 4.78 is 20.2. The zero-order valence-corrected chi connectivity index (χ0v) is 18.4. The zero-order valence-electron chi connectivity index (χ0n) is 18.4. The Labute approximate surface area is 187 Å². The topological polar surface area (TPSA) is 91.2 Å². The molecule has 0 bridgehead atoms. The molecule has 0 aliphatic heterocycles. The molecule has 2 N–H and O–H groups in total. The van der Waals surface area contributed by atoms with Gasteiger partial charge < -0.3 is 15.4 Å². The van der Waals surface area contributed by atoms with Crippen molar-refractivity contribution in [2.24, 2.45) is 11.8 Å². The van der Waals surface area contributed by atoms with Crippen molar-refractivity contribution in [3.63, 3.8) is 0 Å². The molecule has 1 unspecified atom stereocenters. The summed E-state index contributed by atoms with van der Waals surface area (Å²) in [5, 5.41) is 14.7. The van der Waals surface area contributed by atoms with E-state index >= 15 is 0 Å². The van der Waals surface area contributed by atoms with Crippen molar-refractivity contribution in [2.75, 3.05) is 10.6 Å². The number of halogens is 1. The van der Waals surface area contributed by atoms with E-state index in [9.17, 15) is 19.2 Å². The summed E-state index contributed by atoms with van der Waals surface area (Å²) >= 11 is 0. The molecule has 2 aromatic rings. The fraction of sp³-hybridized carbons (Fsp3) is 0.400. The molecule has 2 amide bonds. The average Bonchev–Trinajstić information content (AvgIpc) is 2.80. The Hall–Kier alpha value is -3.40. The van der Waals surface area contributed by atoms with Crippen LogP contribution in [0.15, 0.2) is 42.5 Å². The Bertz CT molecular complexity index is 1010. The molecule has 0 saturated heterocycles. The number of nitriles is 1. The fourth-order valence-electron chi connectivity index (χ4n) is 3.80. The first-order valence-electron chi connectivity index (χ1n) is 11.0. The van der Waals surface area contributed by atoms with Crippen LogP contribution in [-0.2, 0) is 9.59 Å². The standard InChI is InChI=1S/C25H28FN3O3/c1-16(2)23(32-22-11-7-6-10-18(22)15-27)25(31)28-19-12-13-20(26)21(14-19)29-24(30)17-8-4-3-5-9-17/h6-7,10-14,16-17,23H,3-5,8-9H2,1-2H3,(H,28,31)(H,29,30). The molecule has 32 heavy (non-hydrogen) atoms. The highest BCUT2D eigenvalue weighted by Gasteiger charge is 2.26. The lowest BCUT2D eigenvalue weighted by molar-refractivity contribution is -0.124. The van der Waals surface area contributed by atoms with Crippen LogP contribution in [0.1, 0.15) is 51.5 Å². The van der Waals surface area contributed by atoms with Crippen molar-refractivity contribution < 1.29 is 18.7 Å². The van der Waals surface area contributed by atoms with E-state index in [0.29, 0.717) is 17.0 Å². The van der Waals surface area contributed by atoms with Gasteiger partial charge in [0.1, 0.15) is 17.6 Å². The van der Waals surface area contributed by atoms with Crippen molar-refractivity contribution in [3.05, 3.63) is 53.8 Å².